The third kappa shape index (κ3) is 11.2. The number of amides is 2. The lowest BCUT2D eigenvalue weighted by molar-refractivity contribution is 0.106. The number of methoxy groups -OCH3 is 1. The van der Waals surface area contributed by atoms with Gasteiger partial charge in [0.1, 0.15) is 30.0 Å². The van der Waals surface area contributed by atoms with E-state index in [9.17, 15) is 9.90 Å². The van der Waals surface area contributed by atoms with E-state index in [2.05, 4.69) is 110 Å². The fraction of sp³-hybridized carbons (Fsp3) is 0.340. The number of rotatable bonds is 17. The zero-order valence-corrected chi connectivity index (χ0v) is 34.7. The summed E-state index contributed by atoms with van der Waals surface area (Å²) in [6.07, 6.45) is 2.00. The lowest BCUT2D eigenvalue weighted by Gasteiger charge is -2.43. The minimum absolute atomic E-state index is 0.0298. The molecule has 2 amide bonds. The number of piperidine rings is 1. The molecule has 57 heavy (non-hydrogen) atoms. The minimum Gasteiger partial charge on any atom is -0.534 e. The van der Waals surface area contributed by atoms with Gasteiger partial charge in [-0.3, -0.25) is 0 Å². The van der Waals surface area contributed by atoms with Gasteiger partial charge in [0.15, 0.2) is 0 Å². The maximum Gasteiger partial charge on any atom is 0.319 e. The number of carbonyl (C=O) groups is 1. The van der Waals surface area contributed by atoms with Crippen LogP contribution in [0.25, 0.3) is 0 Å². The molecule has 0 unspecified atom stereocenters. The van der Waals surface area contributed by atoms with Crippen LogP contribution in [0.3, 0.4) is 0 Å². The van der Waals surface area contributed by atoms with Crippen LogP contribution in [-0.2, 0) is 13.0 Å². The minimum atomic E-state index is -2.72. The van der Waals surface area contributed by atoms with Gasteiger partial charge in [-0.1, -0.05) is 106 Å². The molecule has 0 spiro atoms. The number of nitrogens with zero attached hydrogens (tertiary/aromatic N) is 1. The molecule has 1 aliphatic heterocycles. The SMILES string of the molecule is COc1cccc(CNC(=O)N2CCC(Nc3ccc(CCNC[C@H](O)COc4ccc(O[Si](c5ccccc5)(c5ccccc5)C(C)(C)C)cc4)cc3)CC2)c1. The van der Waals surface area contributed by atoms with E-state index < -0.39 is 14.4 Å². The first-order valence-electron chi connectivity index (χ1n) is 20.1. The maximum atomic E-state index is 12.7. The number of aliphatic hydroxyl groups excluding tert-OH is 1. The summed E-state index contributed by atoms with van der Waals surface area (Å²) in [5.41, 5.74) is 3.32. The van der Waals surface area contributed by atoms with Crippen molar-refractivity contribution in [2.75, 3.05) is 45.2 Å². The predicted molar refractivity (Wildman–Crippen MR) is 233 cm³/mol. The number of benzene rings is 5. The highest BCUT2D eigenvalue weighted by Crippen LogP contribution is 2.38. The molecule has 0 saturated carbocycles. The number of hydrogen-bond donors (Lipinski definition) is 4. The molecule has 6 rings (SSSR count). The van der Waals surface area contributed by atoms with E-state index in [4.69, 9.17) is 13.9 Å². The van der Waals surface area contributed by atoms with Gasteiger partial charge in [0.25, 0.3) is 0 Å². The molecule has 5 aromatic carbocycles. The van der Waals surface area contributed by atoms with Gasteiger partial charge in [-0.2, -0.15) is 0 Å². The molecular weight excluding hydrogens is 729 g/mol. The number of aliphatic hydroxyl groups is 1. The van der Waals surface area contributed by atoms with Crippen LogP contribution in [-0.4, -0.2) is 76.4 Å². The van der Waals surface area contributed by atoms with Crippen LogP contribution in [0.4, 0.5) is 10.5 Å². The summed E-state index contributed by atoms with van der Waals surface area (Å²) in [6, 6.07) is 45.6. The molecule has 0 bridgehead atoms. The second kappa shape index (κ2) is 19.7. The molecule has 9 nitrogen and oxygen atoms in total. The third-order valence-corrected chi connectivity index (χ3v) is 15.6. The number of hydrogen-bond acceptors (Lipinski definition) is 7. The van der Waals surface area contributed by atoms with Crippen molar-refractivity contribution in [3.05, 3.63) is 145 Å². The molecule has 1 atom stereocenters. The van der Waals surface area contributed by atoms with E-state index in [0.29, 0.717) is 38.0 Å². The zero-order chi connectivity index (χ0) is 40.1. The summed E-state index contributed by atoms with van der Waals surface area (Å²) in [5.74, 6) is 2.27. The van der Waals surface area contributed by atoms with Crippen molar-refractivity contribution in [1.82, 2.24) is 15.5 Å². The predicted octanol–water partition coefficient (Wildman–Crippen LogP) is 6.99. The summed E-state index contributed by atoms with van der Waals surface area (Å²) < 4.78 is 18.3. The molecule has 1 saturated heterocycles. The van der Waals surface area contributed by atoms with Crippen molar-refractivity contribution in [3.63, 3.8) is 0 Å². The molecule has 4 N–H and O–H groups in total. The Morgan fingerprint density at radius 3 is 2.04 bits per heavy atom. The fourth-order valence-corrected chi connectivity index (χ4v) is 11.9. The second-order valence-corrected chi connectivity index (χ2v) is 20.0. The monoisotopic (exact) mass is 786 g/mol. The van der Waals surface area contributed by atoms with Crippen LogP contribution >= 0.6 is 0 Å². The molecule has 1 heterocycles. The molecule has 1 fully saturated rings. The van der Waals surface area contributed by atoms with Crippen molar-refractivity contribution in [2.24, 2.45) is 0 Å². The third-order valence-electron chi connectivity index (χ3n) is 10.6. The smallest absolute Gasteiger partial charge is 0.319 e. The van der Waals surface area contributed by atoms with Crippen molar-refractivity contribution in [2.45, 2.75) is 63.8 Å². The normalized spacial score (nSPS) is 14.1. The van der Waals surface area contributed by atoms with Crippen LogP contribution < -0.4 is 40.2 Å². The van der Waals surface area contributed by atoms with Crippen LogP contribution in [0, 0.1) is 0 Å². The summed E-state index contributed by atoms with van der Waals surface area (Å²) in [4.78, 5) is 14.6. The summed E-state index contributed by atoms with van der Waals surface area (Å²) in [6.45, 7) is 10.1. The van der Waals surface area contributed by atoms with Gasteiger partial charge in [-0.15, -0.1) is 0 Å². The van der Waals surface area contributed by atoms with Gasteiger partial charge < -0.3 is 39.9 Å². The number of likely N-dealkylation sites (tertiary alicyclic amines) is 1. The Hall–Kier alpha value is -5.29. The summed E-state index contributed by atoms with van der Waals surface area (Å²) in [7, 11) is -1.08. The molecule has 0 aromatic heterocycles. The van der Waals surface area contributed by atoms with Crippen molar-refractivity contribution in [3.8, 4) is 17.2 Å². The van der Waals surface area contributed by atoms with Crippen LogP contribution in [0.5, 0.6) is 17.2 Å². The van der Waals surface area contributed by atoms with E-state index in [-0.39, 0.29) is 17.7 Å². The first-order chi connectivity index (χ1) is 27.6. The first kappa shape index (κ1) is 41.3. The first-order valence-corrected chi connectivity index (χ1v) is 22.0. The van der Waals surface area contributed by atoms with Gasteiger partial charge in [0.05, 0.1) is 7.11 Å². The van der Waals surface area contributed by atoms with E-state index in [1.54, 1.807) is 7.11 Å². The Morgan fingerprint density at radius 2 is 1.42 bits per heavy atom. The molecule has 10 heteroatoms. The Labute approximate surface area is 339 Å². The van der Waals surface area contributed by atoms with E-state index in [0.717, 1.165) is 48.6 Å². The maximum absolute atomic E-state index is 12.7. The highest BCUT2D eigenvalue weighted by molar-refractivity contribution is 7.00. The highest BCUT2D eigenvalue weighted by atomic mass is 28.4. The Morgan fingerprint density at radius 1 is 0.789 bits per heavy atom. The largest absolute Gasteiger partial charge is 0.534 e. The van der Waals surface area contributed by atoms with Gasteiger partial charge in [0.2, 0.25) is 0 Å². The molecule has 1 aliphatic rings. The number of anilines is 1. The van der Waals surface area contributed by atoms with Crippen LogP contribution in [0.2, 0.25) is 5.04 Å². The molecule has 0 aliphatic carbocycles. The Bertz CT molecular complexity index is 1930. The molecular formula is C47H58N4O5Si. The number of nitrogens with one attached hydrogen (secondary N) is 3. The lowest BCUT2D eigenvalue weighted by Crippen LogP contribution is -2.68. The lowest BCUT2D eigenvalue weighted by atomic mass is 10.0. The van der Waals surface area contributed by atoms with Crippen LogP contribution in [0.1, 0.15) is 44.7 Å². The van der Waals surface area contributed by atoms with Gasteiger partial charge in [-0.25, -0.2) is 4.79 Å². The van der Waals surface area contributed by atoms with E-state index >= 15 is 0 Å². The van der Waals surface area contributed by atoms with E-state index in [1.807, 2.05) is 65.6 Å². The number of carbonyl (C=O) groups excluding carboxylic acids is 1. The number of urea groups is 1. The fourth-order valence-electron chi connectivity index (χ4n) is 7.48. The highest BCUT2D eigenvalue weighted by Gasteiger charge is 2.52. The van der Waals surface area contributed by atoms with Gasteiger partial charge in [0, 0.05) is 37.9 Å². The van der Waals surface area contributed by atoms with Gasteiger partial charge >= 0.3 is 14.3 Å². The second-order valence-electron chi connectivity index (χ2n) is 15.8. The topological polar surface area (TPSA) is 104 Å². The van der Waals surface area contributed by atoms with Crippen LogP contribution in [0.15, 0.2) is 133 Å². The summed E-state index contributed by atoms with van der Waals surface area (Å²) in [5, 5.41) is 23.0. The molecule has 5 aromatic rings. The standard InChI is InChI=1S/C47H58N4O5Si/c1-47(2,3)57(44-14-7-5-8-15-44,45-16-9-6-10-17-45)56-42-24-22-41(23-25-42)55-35-40(52)34-48-29-26-36-18-20-38(21-19-36)50-39-27-30-51(31-28-39)46(53)49-33-37-12-11-13-43(32-37)54-4/h5-25,32,39-40,48,50,52H,26-31,33-35H2,1-4H3,(H,49,53)/t40-/m0/s1. The number of ether oxygens (including phenoxy) is 2. The van der Waals surface area contributed by atoms with Crippen molar-refractivity contribution in [1.29, 1.82) is 0 Å². The van der Waals surface area contributed by atoms with Gasteiger partial charge in [-0.05, 0) is 101 Å². The summed E-state index contributed by atoms with van der Waals surface area (Å²) >= 11 is 0. The van der Waals surface area contributed by atoms with E-state index in [1.165, 1.54) is 15.9 Å². The van der Waals surface area contributed by atoms with Crippen molar-refractivity contribution < 1.29 is 23.8 Å². The molecule has 0 radical (unpaired) electrons. The Kier molecular flexibility index (Phi) is 14.3. The zero-order valence-electron chi connectivity index (χ0n) is 33.7. The van der Waals surface area contributed by atoms with Crippen molar-refractivity contribution >= 4 is 30.4 Å². The molecule has 300 valence electrons. The Balaban J connectivity index is 0.889. The average Bonchev–Trinajstić information content (AvgIpc) is 3.24. The average molecular weight is 787 g/mol. The quantitative estimate of drug-likeness (QED) is 0.0596.